The van der Waals surface area contributed by atoms with Crippen LogP contribution in [0, 0.1) is 20.8 Å². The van der Waals surface area contributed by atoms with E-state index in [1.807, 2.05) is 26.0 Å². The molecule has 146 valence electrons. The Morgan fingerprint density at radius 3 is 2.33 bits per heavy atom. The van der Waals surface area contributed by atoms with E-state index in [2.05, 4.69) is 61.5 Å². The van der Waals surface area contributed by atoms with Crippen molar-refractivity contribution in [1.82, 2.24) is 25.6 Å². The summed E-state index contributed by atoms with van der Waals surface area (Å²) in [5.41, 5.74) is 4.15. The Bertz CT molecular complexity index is 849. The first-order chi connectivity index (χ1) is 12.5. The number of benzene rings is 1. The average molecular weight is 370 g/mol. The van der Waals surface area contributed by atoms with E-state index < -0.39 is 0 Å². The van der Waals surface area contributed by atoms with Gasteiger partial charge in [-0.25, -0.2) is 0 Å². The molecule has 0 bridgehead atoms. The predicted octanol–water partition coefficient (Wildman–Crippen LogP) is 3.23. The molecule has 0 aliphatic carbocycles. The summed E-state index contributed by atoms with van der Waals surface area (Å²) < 4.78 is 0. The number of hydrogen-bond acceptors (Lipinski definition) is 4. The Hall–Kier alpha value is -2.21. The molecule has 1 aliphatic rings. The van der Waals surface area contributed by atoms with Gasteiger partial charge in [-0.05, 0) is 72.9 Å². The maximum Gasteiger partial charge on any atom is 0.273 e. The Labute approximate surface area is 161 Å². The zero-order valence-electron chi connectivity index (χ0n) is 17.5. The minimum absolute atomic E-state index is 0.0225. The Balaban J connectivity index is 1.81. The Morgan fingerprint density at radius 2 is 1.74 bits per heavy atom. The van der Waals surface area contributed by atoms with Crippen LogP contribution in [0.15, 0.2) is 18.2 Å². The van der Waals surface area contributed by atoms with E-state index in [1.165, 1.54) is 5.56 Å². The largest absolute Gasteiger partial charge is 0.348 e. The summed E-state index contributed by atoms with van der Waals surface area (Å²) in [6, 6.07) is 6.21. The molecule has 0 atom stereocenters. The molecule has 0 radical (unpaired) electrons. The van der Waals surface area contributed by atoms with E-state index >= 15 is 0 Å². The summed E-state index contributed by atoms with van der Waals surface area (Å²) in [5.74, 6) is -0.151. The number of amides is 1. The molecule has 6 heteroatoms. The molecule has 2 heterocycles. The van der Waals surface area contributed by atoms with Crippen molar-refractivity contribution in [3.8, 4) is 5.69 Å². The normalized spacial score (nSPS) is 19.1. The van der Waals surface area contributed by atoms with Gasteiger partial charge < -0.3 is 10.6 Å². The highest BCUT2D eigenvalue weighted by Crippen LogP contribution is 2.28. The number of nitrogens with zero attached hydrogens (tertiary/aromatic N) is 3. The van der Waals surface area contributed by atoms with Crippen molar-refractivity contribution >= 4 is 5.91 Å². The molecule has 0 unspecified atom stereocenters. The number of rotatable bonds is 3. The van der Waals surface area contributed by atoms with Crippen LogP contribution in [-0.2, 0) is 0 Å². The van der Waals surface area contributed by atoms with Crippen molar-refractivity contribution in [1.29, 1.82) is 0 Å². The zero-order valence-corrected chi connectivity index (χ0v) is 17.5. The fourth-order valence-corrected chi connectivity index (χ4v) is 4.40. The van der Waals surface area contributed by atoms with Gasteiger partial charge in [-0.3, -0.25) is 4.79 Å². The second kappa shape index (κ2) is 6.75. The summed E-state index contributed by atoms with van der Waals surface area (Å²) in [6.45, 7) is 14.6. The molecule has 2 aromatic rings. The maximum atomic E-state index is 12.9. The Kier molecular flexibility index (Phi) is 4.89. The van der Waals surface area contributed by atoms with Crippen LogP contribution < -0.4 is 10.6 Å². The number of piperidine rings is 1. The van der Waals surface area contributed by atoms with E-state index in [0.717, 1.165) is 24.1 Å². The second-order valence-corrected chi connectivity index (χ2v) is 9.18. The monoisotopic (exact) mass is 369 g/mol. The molecule has 0 spiro atoms. The lowest BCUT2D eigenvalue weighted by molar-refractivity contribution is 0.0867. The molecule has 0 saturated carbocycles. The average Bonchev–Trinajstić information content (AvgIpc) is 2.85. The standard InChI is InChI=1S/C21H31N5O/c1-13-8-9-17(14(2)10-13)26-23-15(3)18(24-26)19(27)22-16-11-20(4,5)25-21(6,7)12-16/h8-10,16,25H,11-12H2,1-7H3,(H,22,27). The summed E-state index contributed by atoms with van der Waals surface area (Å²) in [6.07, 6.45) is 1.76. The predicted molar refractivity (Wildman–Crippen MR) is 107 cm³/mol. The van der Waals surface area contributed by atoms with Crippen LogP contribution >= 0.6 is 0 Å². The van der Waals surface area contributed by atoms with Gasteiger partial charge in [0.25, 0.3) is 5.91 Å². The van der Waals surface area contributed by atoms with E-state index in [1.54, 1.807) is 4.80 Å². The van der Waals surface area contributed by atoms with Gasteiger partial charge >= 0.3 is 0 Å². The van der Waals surface area contributed by atoms with Crippen LogP contribution in [0.4, 0.5) is 0 Å². The number of nitrogens with one attached hydrogen (secondary N) is 2. The number of hydrogen-bond donors (Lipinski definition) is 2. The van der Waals surface area contributed by atoms with E-state index in [0.29, 0.717) is 11.4 Å². The summed E-state index contributed by atoms with van der Waals surface area (Å²) in [7, 11) is 0. The summed E-state index contributed by atoms with van der Waals surface area (Å²) in [5, 5.41) is 15.8. The van der Waals surface area contributed by atoms with Gasteiger partial charge in [-0.2, -0.15) is 9.90 Å². The quantitative estimate of drug-likeness (QED) is 0.871. The van der Waals surface area contributed by atoms with Crippen molar-refractivity contribution in [3.63, 3.8) is 0 Å². The molecule has 1 fully saturated rings. The van der Waals surface area contributed by atoms with Crippen molar-refractivity contribution in [2.45, 2.75) is 78.4 Å². The number of aromatic nitrogens is 3. The fraction of sp³-hybridized carbons (Fsp3) is 0.571. The van der Waals surface area contributed by atoms with Crippen LogP contribution in [0.1, 0.15) is 67.8 Å². The molecule has 3 rings (SSSR count). The van der Waals surface area contributed by atoms with Crippen molar-refractivity contribution in [2.75, 3.05) is 0 Å². The third-order valence-corrected chi connectivity index (χ3v) is 5.09. The maximum absolute atomic E-state index is 12.9. The lowest BCUT2D eigenvalue weighted by Crippen LogP contribution is -2.62. The van der Waals surface area contributed by atoms with Crippen molar-refractivity contribution < 1.29 is 4.79 Å². The fourth-order valence-electron chi connectivity index (χ4n) is 4.40. The van der Waals surface area contributed by atoms with E-state index in [-0.39, 0.29) is 23.0 Å². The van der Waals surface area contributed by atoms with Crippen molar-refractivity contribution in [2.24, 2.45) is 0 Å². The van der Waals surface area contributed by atoms with Gasteiger partial charge in [0.15, 0.2) is 5.69 Å². The molecular formula is C21H31N5O. The van der Waals surface area contributed by atoms with Crippen molar-refractivity contribution in [3.05, 3.63) is 40.7 Å². The highest BCUT2D eigenvalue weighted by molar-refractivity contribution is 5.93. The summed E-state index contributed by atoms with van der Waals surface area (Å²) in [4.78, 5) is 14.5. The number of carbonyl (C=O) groups is 1. The minimum Gasteiger partial charge on any atom is -0.348 e. The van der Waals surface area contributed by atoms with Crippen LogP contribution in [0.3, 0.4) is 0 Å². The minimum atomic E-state index is -0.151. The van der Waals surface area contributed by atoms with Crippen LogP contribution in [-0.4, -0.2) is 38.0 Å². The van der Waals surface area contributed by atoms with Gasteiger partial charge in [0, 0.05) is 17.1 Å². The molecule has 1 aromatic heterocycles. The molecule has 2 N–H and O–H groups in total. The van der Waals surface area contributed by atoms with Gasteiger partial charge in [0.2, 0.25) is 0 Å². The zero-order chi connectivity index (χ0) is 20.0. The van der Waals surface area contributed by atoms with Crippen LogP contribution in [0.5, 0.6) is 0 Å². The lowest BCUT2D eigenvalue weighted by Gasteiger charge is -2.46. The van der Waals surface area contributed by atoms with Gasteiger partial charge in [-0.1, -0.05) is 17.7 Å². The molecule has 1 aromatic carbocycles. The third-order valence-electron chi connectivity index (χ3n) is 5.09. The molecule has 27 heavy (non-hydrogen) atoms. The smallest absolute Gasteiger partial charge is 0.273 e. The molecule has 1 saturated heterocycles. The highest BCUT2D eigenvalue weighted by Gasteiger charge is 2.38. The highest BCUT2D eigenvalue weighted by atomic mass is 16.2. The van der Waals surface area contributed by atoms with Crippen LogP contribution in [0.2, 0.25) is 0 Å². The SMILES string of the molecule is Cc1ccc(-n2nc(C)c(C(=O)NC3CC(C)(C)NC(C)(C)C3)n2)c(C)c1. The number of aryl methyl sites for hydroxylation is 3. The van der Waals surface area contributed by atoms with Gasteiger partial charge in [-0.15, -0.1) is 5.10 Å². The number of carbonyl (C=O) groups excluding carboxylic acids is 1. The van der Waals surface area contributed by atoms with Crippen LogP contribution in [0.25, 0.3) is 5.69 Å². The molecule has 6 nitrogen and oxygen atoms in total. The Morgan fingerprint density at radius 1 is 1.11 bits per heavy atom. The van der Waals surface area contributed by atoms with E-state index in [4.69, 9.17) is 0 Å². The molecular weight excluding hydrogens is 338 g/mol. The lowest BCUT2D eigenvalue weighted by atomic mass is 9.79. The first kappa shape index (κ1) is 19.5. The first-order valence-corrected chi connectivity index (χ1v) is 9.58. The molecule has 1 amide bonds. The second-order valence-electron chi connectivity index (χ2n) is 9.18. The van der Waals surface area contributed by atoms with E-state index in [9.17, 15) is 4.79 Å². The van der Waals surface area contributed by atoms with Gasteiger partial charge in [0.1, 0.15) is 0 Å². The first-order valence-electron chi connectivity index (χ1n) is 9.58. The summed E-state index contributed by atoms with van der Waals surface area (Å²) >= 11 is 0. The van der Waals surface area contributed by atoms with Gasteiger partial charge in [0.05, 0.1) is 11.4 Å². The third kappa shape index (κ3) is 4.38. The molecule has 1 aliphatic heterocycles. The topological polar surface area (TPSA) is 71.8 Å².